The standard InChI is InChI=1S/C44H31NO2/c1-26-18-20-38-35(22-26)36-23-27(2)19-21-39(36)45(38)40-16-9-15-33-37-25-29(24-34(43(37)47-44(33)40)28-10-4-3-5-11-28)30-13-8-14-32-31-12-6-7-17-41(31)46-42(30)32/h3-25,31,41H,1-2H3. The van der Waals surface area contributed by atoms with Crippen LogP contribution in [0, 0.1) is 13.8 Å². The van der Waals surface area contributed by atoms with Crippen molar-refractivity contribution in [3.8, 4) is 33.7 Å². The van der Waals surface area contributed by atoms with Crippen molar-refractivity contribution in [2.24, 2.45) is 0 Å². The Bertz CT molecular complexity index is 2570. The molecule has 0 bridgehead atoms. The Morgan fingerprint density at radius 3 is 2.09 bits per heavy atom. The van der Waals surface area contributed by atoms with Gasteiger partial charge in [0.2, 0.25) is 0 Å². The molecule has 224 valence electrons. The molecule has 10 rings (SSSR count). The van der Waals surface area contributed by atoms with E-state index >= 15 is 0 Å². The average molecular weight is 606 g/mol. The number of aryl methyl sites for hydroxylation is 2. The van der Waals surface area contributed by atoms with Crippen LogP contribution in [-0.4, -0.2) is 10.7 Å². The maximum atomic E-state index is 7.03. The molecule has 3 nitrogen and oxygen atoms in total. The zero-order valence-corrected chi connectivity index (χ0v) is 26.2. The number of nitrogens with zero attached hydrogens (tertiary/aromatic N) is 1. The van der Waals surface area contributed by atoms with Gasteiger partial charge in [-0.2, -0.15) is 0 Å². The van der Waals surface area contributed by atoms with Crippen molar-refractivity contribution in [1.29, 1.82) is 0 Å². The monoisotopic (exact) mass is 605 g/mol. The molecule has 47 heavy (non-hydrogen) atoms. The Hall–Kier alpha value is -5.80. The van der Waals surface area contributed by atoms with E-state index in [1.54, 1.807) is 0 Å². The van der Waals surface area contributed by atoms with Crippen LogP contribution in [0.25, 0.3) is 71.7 Å². The van der Waals surface area contributed by atoms with Crippen LogP contribution in [0.3, 0.4) is 0 Å². The quantitative estimate of drug-likeness (QED) is 0.200. The van der Waals surface area contributed by atoms with Crippen LogP contribution in [0.1, 0.15) is 22.6 Å². The lowest BCUT2D eigenvalue weighted by Crippen LogP contribution is -2.15. The van der Waals surface area contributed by atoms with Gasteiger partial charge in [0.05, 0.1) is 16.7 Å². The molecule has 2 aromatic heterocycles. The third-order valence-electron chi connectivity index (χ3n) is 10.0. The van der Waals surface area contributed by atoms with Gasteiger partial charge in [0.1, 0.15) is 17.4 Å². The second kappa shape index (κ2) is 9.85. The highest BCUT2D eigenvalue weighted by Crippen LogP contribution is 2.49. The fraction of sp³-hybridized carbons (Fsp3) is 0.0909. The highest BCUT2D eigenvalue weighted by molar-refractivity contribution is 6.15. The largest absolute Gasteiger partial charge is 0.484 e. The van der Waals surface area contributed by atoms with Crippen molar-refractivity contribution in [3.63, 3.8) is 0 Å². The normalized spacial score (nSPS) is 16.7. The molecule has 2 aliphatic rings. The number of fused-ring (bicyclic) bond motifs is 9. The molecule has 0 spiro atoms. The van der Waals surface area contributed by atoms with E-state index in [4.69, 9.17) is 9.15 Å². The Kier molecular flexibility index (Phi) is 5.54. The molecule has 2 unspecified atom stereocenters. The van der Waals surface area contributed by atoms with Crippen molar-refractivity contribution < 1.29 is 9.15 Å². The summed E-state index contributed by atoms with van der Waals surface area (Å²) in [5.41, 5.74) is 13.3. The van der Waals surface area contributed by atoms with Gasteiger partial charge in [0, 0.05) is 44.2 Å². The smallest absolute Gasteiger partial charge is 0.159 e. The lowest BCUT2D eigenvalue weighted by atomic mass is 9.89. The van der Waals surface area contributed by atoms with Crippen molar-refractivity contribution >= 4 is 43.7 Å². The van der Waals surface area contributed by atoms with E-state index in [1.807, 2.05) is 0 Å². The van der Waals surface area contributed by atoms with Gasteiger partial charge < -0.3 is 13.7 Å². The van der Waals surface area contributed by atoms with Gasteiger partial charge in [-0.1, -0.05) is 102 Å². The van der Waals surface area contributed by atoms with E-state index < -0.39 is 0 Å². The average Bonchev–Trinajstić information content (AvgIpc) is 3.77. The maximum Gasteiger partial charge on any atom is 0.159 e. The molecule has 0 amide bonds. The van der Waals surface area contributed by atoms with Gasteiger partial charge >= 0.3 is 0 Å². The summed E-state index contributed by atoms with van der Waals surface area (Å²) in [4.78, 5) is 0. The van der Waals surface area contributed by atoms with Crippen molar-refractivity contribution in [1.82, 2.24) is 4.57 Å². The molecule has 3 heteroatoms. The third-order valence-corrected chi connectivity index (χ3v) is 10.0. The second-order valence-corrected chi connectivity index (χ2v) is 13.0. The Balaban J connectivity index is 1.27. The zero-order chi connectivity index (χ0) is 31.2. The molecule has 2 atom stereocenters. The van der Waals surface area contributed by atoms with E-state index in [0.717, 1.165) is 55.6 Å². The molecule has 0 N–H and O–H groups in total. The van der Waals surface area contributed by atoms with Crippen molar-refractivity contribution in [3.05, 3.63) is 156 Å². The zero-order valence-electron chi connectivity index (χ0n) is 26.2. The highest BCUT2D eigenvalue weighted by atomic mass is 16.5. The first kappa shape index (κ1) is 26.4. The lowest BCUT2D eigenvalue weighted by Gasteiger charge is -2.14. The van der Waals surface area contributed by atoms with Crippen LogP contribution in [0.2, 0.25) is 0 Å². The number of aromatic nitrogens is 1. The molecule has 3 heterocycles. The molecule has 0 saturated heterocycles. The summed E-state index contributed by atoms with van der Waals surface area (Å²) < 4.78 is 16.0. The summed E-state index contributed by atoms with van der Waals surface area (Å²) in [5.74, 6) is 1.21. The van der Waals surface area contributed by atoms with E-state index in [2.05, 4.69) is 158 Å². The number of benzene rings is 6. The highest BCUT2D eigenvalue weighted by Gasteiger charge is 2.34. The molecular weight excluding hydrogens is 574 g/mol. The summed E-state index contributed by atoms with van der Waals surface area (Å²) in [6, 6.07) is 41.7. The summed E-state index contributed by atoms with van der Waals surface area (Å²) in [5, 5.41) is 4.71. The van der Waals surface area contributed by atoms with Crippen LogP contribution < -0.4 is 4.74 Å². The third kappa shape index (κ3) is 3.86. The number of allylic oxidation sites excluding steroid dienone is 2. The minimum absolute atomic E-state index is 0.0320. The Morgan fingerprint density at radius 2 is 1.30 bits per heavy atom. The van der Waals surface area contributed by atoms with Gasteiger partial charge in [0.25, 0.3) is 0 Å². The van der Waals surface area contributed by atoms with Gasteiger partial charge in [-0.25, -0.2) is 0 Å². The van der Waals surface area contributed by atoms with E-state index in [-0.39, 0.29) is 12.0 Å². The predicted octanol–water partition coefficient (Wildman–Crippen LogP) is 11.6. The molecule has 6 aromatic carbocycles. The first-order valence-electron chi connectivity index (χ1n) is 16.3. The number of hydrogen-bond acceptors (Lipinski definition) is 2. The number of para-hydroxylation sites is 2. The van der Waals surface area contributed by atoms with Gasteiger partial charge in [0.15, 0.2) is 5.58 Å². The SMILES string of the molecule is Cc1ccc2c(c1)c1cc(C)ccc1n2-c1cccc2c1oc1c(-c3ccccc3)cc(-c3cccc4c3OC3C=CC=CC43)cc12. The fourth-order valence-corrected chi connectivity index (χ4v) is 7.85. The van der Waals surface area contributed by atoms with E-state index in [0.29, 0.717) is 0 Å². The lowest BCUT2D eigenvalue weighted by molar-refractivity contribution is 0.270. The summed E-state index contributed by atoms with van der Waals surface area (Å²) in [7, 11) is 0. The van der Waals surface area contributed by atoms with Crippen LogP contribution in [0.5, 0.6) is 5.75 Å². The second-order valence-electron chi connectivity index (χ2n) is 13.0. The molecule has 0 saturated carbocycles. The van der Waals surface area contributed by atoms with Crippen LogP contribution >= 0.6 is 0 Å². The Labute approximate surface area is 272 Å². The molecule has 0 fully saturated rings. The first-order valence-corrected chi connectivity index (χ1v) is 16.3. The molecule has 0 radical (unpaired) electrons. The van der Waals surface area contributed by atoms with Crippen molar-refractivity contribution in [2.75, 3.05) is 0 Å². The maximum absolute atomic E-state index is 7.03. The van der Waals surface area contributed by atoms with Crippen LogP contribution in [-0.2, 0) is 0 Å². The summed E-state index contributed by atoms with van der Waals surface area (Å²) >= 11 is 0. The van der Waals surface area contributed by atoms with Crippen LogP contribution in [0.4, 0.5) is 0 Å². The fourth-order valence-electron chi connectivity index (χ4n) is 7.85. The number of rotatable bonds is 3. The molecular formula is C44H31NO2. The summed E-state index contributed by atoms with van der Waals surface area (Å²) in [6.45, 7) is 4.32. The summed E-state index contributed by atoms with van der Waals surface area (Å²) in [6.07, 6.45) is 8.66. The van der Waals surface area contributed by atoms with Crippen molar-refractivity contribution in [2.45, 2.75) is 25.9 Å². The molecule has 1 aliphatic carbocycles. The molecule has 8 aromatic rings. The Morgan fingerprint density at radius 1 is 0.553 bits per heavy atom. The molecule has 1 aliphatic heterocycles. The number of hydrogen-bond donors (Lipinski definition) is 0. The first-order chi connectivity index (χ1) is 23.1. The van der Waals surface area contributed by atoms with E-state index in [9.17, 15) is 0 Å². The predicted molar refractivity (Wildman–Crippen MR) is 194 cm³/mol. The van der Waals surface area contributed by atoms with E-state index in [1.165, 1.54) is 38.5 Å². The number of furan rings is 1. The van der Waals surface area contributed by atoms with Gasteiger partial charge in [-0.3, -0.25) is 0 Å². The van der Waals surface area contributed by atoms with Crippen LogP contribution in [0.15, 0.2) is 144 Å². The minimum atomic E-state index is 0.0320. The van der Waals surface area contributed by atoms with Gasteiger partial charge in [-0.15, -0.1) is 0 Å². The topological polar surface area (TPSA) is 27.3 Å². The number of ether oxygens (including phenoxy) is 1. The van der Waals surface area contributed by atoms with Gasteiger partial charge in [-0.05, 0) is 73.5 Å². The minimum Gasteiger partial charge on any atom is -0.484 e.